The molecule has 0 aliphatic heterocycles. The fourth-order valence-electron chi connectivity index (χ4n) is 2.54. The van der Waals surface area contributed by atoms with Gasteiger partial charge in [-0.25, -0.2) is 0 Å². The van der Waals surface area contributed by atoms with Crippen molar-refractivity contribution in [3.8, 4) is 5.75 Å². The fourth-order valence-corrected chi connectivity index (χ4v) is 2.76. The summed E-state index contributed by atoms with van der Waals surface area (Å²) in [5, 5.41) is 6.09. The Hall–Kier alpha value is -3.25. The molecule has 1 aromatic heterocycles. The summed E-state index contributed by atoms with van der Waals surface area (Å²) < 4.78 is 10.7. The minimum Gasteiger partial charge on any atom is -0.483 e. The van der Waals surface area contributed by atoms with Crippen molar-refractivity contribution in [2.45, 2.75) is 13.5 Å². The van der Waals surface area contributed by atoms with E-state index in [1.54, 1.807) is 60.9 Å². The highest BCUT2D eigenvalue weighted by Crippen LogP contribution is 2.21. The molecule has 0 spiro atoms. The summed E-state index contributed by atoms with van der Waals surface area (Å²) in [5.41, 5.74) is 1.78. The first-order valence-corrected chi connectivity index (χ1v) is 8.98. The summed E-state index contributed by atoms with van der Waals surface area (Å²) in [7, 11) is 0. The van der Waals surface area contributed by atoms with Gasteiger partial charge < -0.3 is 19.8 Å². The summed E-state index contributed by atoms with van der Waals surface area (Å²) in [6.45, 7) is 1.98. The molecule has 0 fully saturated rings. The number of rotatable bonds is 7. The van der Waals surface area contributed by atoms with Crippen LogP contribution in [-0.4, -0.2) is 18.4 Å². The van der Waals surface area contributed by atoms with Crippen LogP contribution >= 0.6 is 11.6 Å². The molecule has 1 heterocycles. The molecule has 3 rings (SSSR count). The number of amides is 2. The van der Waals surface area contributed by atoms with Crippen LogP contribution in [0.15, 0.2) is 65.3 Å². The maximum absolute atomic E-state index is 12.3. The summed E-state index contributed by atoms with van der Waals surface area (Å²) >= 11 is 5.91. The van der Waals surface area contributed by atoms with Crippen molar-refractivity contribution in [3.05, 3.63) is 82.8 Å². The highest BCUT2D eigenvalue weighted by molar-refractivity contribution is 6.30. The molecular formula is C21H19ClN2O4. The topological polar surface area (TPSA) is 80.6 Å². The van der Waals surface area contributed by atoms with E-state index in [0.29, 0.717) is 27.8 Å². The van der Waals surface area contributed by atoms with Crippen LogP contribution in [-0.2, 0) is 11.3 Å². The number of ether oxygens (including phenoxy) is 1. The van der Waals surface area contributed by atoms with Gasteiger partial charge in [-0.2, -0.15) is 0 Å². The molecule has 0 unspecified atom stereocenters. The van der Waals surface area contributed by atoms with E-state index >= 15 is 0 Å². The summed E-state index contributed by atoms with van der Waals surface area (Å²) in [4.78, 5) is 24.4. The normalized spacial score (nSPS) is 10.4. The minimum atomic E-state index is -0.331. The van der Waals surface area contributed by atoms with Gasteiger partial charge in [0.1, 0.15) is 11.5 Å². The Balaban J connectivity index is 1.54. The molecule has 0 radical (unpaired) electrons. The number of hydrogen-bond acceptors (Lipinski definition) is 4. The third kappa shape index (κ3) is 5.37. The number of aryl methyl sites for hydroxylation is 1. The molecule has 0 bridgehead atoms. The summed E-state index contributed by atoms with van der Waals surface area (Å²) in [5.74, 6) is 0.654. The van der Waals surface area contributed by atoms with E-state index in [0.717, 1.165) is 5.56 Å². The van der Waals surface area contributed by atoms with Crippen LogP contribution in [0.25, 0.3) is 0 Å². The number of hydrogen-bond donors (Lipinski definition) is 2. The van der Waals surface area contributed by atoms with Gasteiger partial charge >= 0.3 is 0 Å². The van der Waals surface area contributed by atoms with Crippen molar-refractivity contribution in [2.75, 3.05) is 11.9 Å². The van der Waals surface area contributed by atoms with Gasteiger partial charge in [-0.05, 0) is 61.0 Å². The fraction of sp³-hybridized carbons (Fsp3) is 0.143. The highest BCUT2D eigenvalue weighted by atomic mass is 35.5. The molecule has 2 N–H and O–H groups in total. The molecule has 28 heavy (non-hydrogen) atoms. The van der Waals surface area contributed by atoms with Crippen LogP contribution in [0.2, 0.25) is 5.02 Å². The van der Waals surface area contributed by atoms with Gasteiger partial charge in [-0.15, -0.1) is 0 Å². The Bertz CT molecular complexity index is 970. The Morgan fingerprint density at radius 3 is 2.71 bits per heavy atom. The van der Waals surface area contributed by atoms with E-state index in [9.17, 15) is 9.59 Å². The largest absolute Gasteiger partial charge is 0.483 e. The molecule has 0 saturated carbocycles. The highest BCUT2D eigenvalue weighted by Gasteiger charge is 2.10. The molecule has 7 heteroatoms. The number of anilines is 1. The predicted molar refractivity (Wildman–Crippen MR) is 107 cm³/mol. The first-order chi connectivity index (χ1) is 13.5. The molecule has 3 aromatic rings. The van der Waals surface area contributed by atoms with Gasteiger partial charge in [-0.1, -0.05) is 17.7 Å². The zero-order chi connectivity index (χ0) is 19.9. The van der Waals surface area contributed by atoms with Gasteiger partial charge in [0.05, 0.1) is 12.8 Å². The number of benzene rings is 2. The van der Waals surface area contributed by atoms with Crippen molar-refractivity contribution in [2.24, 2.45) is 0 Å². The molecule has 0 aliphatic carbocycles. The van der Waals surface area contributed by atoms with E-state index in [-0.39, 0.29) is 25.0 Å². The Kier molecular flexibility index (Phi) is 6.34. The second-order valence-electron chi connectivity index (χ2n) is 6.09. The molecule has 2 aromatic carbocycles. The molecule has 0 atom stereocenters. The second-order valence-corrected chi connectivity index (χ2v) is 6.53. The van der Waals surface area contributed by atoms with Crippen molar-refractivity contribution in [3.63, 3.8) is 0 Å². The van der Waals surface area contributed by atoms with Crippen LogP contribution < -0.4 is 15.4 Å². The lowest BCUT2D eigenvalue weighted by atomic mass is 10.2. The van der Waals surface area contributed by atoms with E-state index in [1.807, 2.05) is 6.92 Å². The Morgan fingerprint density at radius 1 is 1.11 bits per heavy atom. The van der Waals surface area contributed by atoms with Crippen molar-refractivity contribution < 1.29 is 18.7 Å². The summed E-state index contributed by atoms with van der Waals surface area (Å²) in [6, 6.07) is 15.4. The van der Waals surface area contributed by atoms with Crippen LogP contribution in [0.1, 0.15) is 21.7 Å². The van der Waals surface area contributed by atoms with E-state index in [2.05, 4.69) is 10.6 Å². The van der Waals surface area contributed by atoms with Crippen molar-refractivity contribution in [1.82, 2.24) is 5.32 Å². The number of halogens is 1. The molecule has 6 nitrogen and oxygen atoms in total. The standard InChI is InChI=1S/C21H19ClN2O4/c1-14-10-16(22)7-8-19(14)28-13-20(25)24-17-5-2-4-15(11-17)21(26)23-12-18-6-3-9-27-18/h2-11H,12-13H2,1H3,(H,23,26)(H,24,25). The molecule has 2 amide bonds. The van der Waals surface area contributed by atoms with Gasteiger partial charge in [0, 0.05) is 16.3 Å². The van der Waals surface area contributed by atoms with Crippen LogP contribution in [0, 0.1) is 6.92 Å². The van der Waals surface area contributed by atoms with E-state index < -0.39 is 0 Å². The van der Waals surface area contributed by atoms with Gasteiger partial charge in [-0.3, -0.25) is 9.59 Å². The van der Waals surface area contributed by atoms with E-state index in [4.69, 9.17) is 20.8 Å². The number of furan rings is 1. The molecule has 144 valence electrons. The van der Waals surface area contributed by atoms with Crippen LogP contribution in [0.5, 0.6) is 5.75 Å². The SMILES string of the molecule is Cc1cc(Cl)ccc1OCC(=O)Nc1cccc(C(=O)NCc2ccco2)c1. The Labute approximate surface area is 167 Å². The second kappa shape index (κ2) is 9.10. The van der Waals surface area contributed by atoms with Crippen LogP contribution in [0.3, 0.4) is 0 Å². The third-order valence-corrected chi connectivity index (χ3v) is 4.14. The first kappa shape index (κ1) is 19.5. The number of nitrogens with one attached hydrogen (secondary N) is 2. The quantitative estimate of drug-likeness (QED) is 0.625. The molecule has 0 saturated heterocycles. The Morgan fingerprint density at radius 2 is 1.96 bits per heavy atom. The van der Waals surface area contributed by atoms with Crippen LogP contribution in [0.4, 0.5) is 5.69 Å². The zero-order valence-electron chi connectivity index (χ0n) is 15.2. The average molecular weight is 399 g/mol. The molecule has 0 aliphatic rings. The van der Waals surface area contributed by atoms with E-state index in [1.165, 1.54) is 0 Å². The maximum atomic E-state index is 12.3. The number of carbonyl (C=O) groups is 2. The minimum absolute atomic E-state index is 0.155. The smallest absolute Gasteiger partial charge is 0.262 e. The summed E-state index contributed by atoms with van der Waals surface area (Å²) in [6.07, 6.45) is 1.55. The average Bonchev–Trinajstić information content (AvgIpc) is 3.19. The lowest BCUT2D eigenvalue weighted by Gasteiger charge is -2.10. The van der Waals surface area contributed by atoms with Gasteiger partial charge in [0.25, 0.3) is 11.8 Å². The zero-order valence-corrected chi connectivity index (χ0v) is 16.0. The first-order valence-electron chi connectivity index (χ1n) is 8.61. The van der Waals surface area contributed by atoms with Crippen molar-refractivity contribution >= 4 is 29.1 Å². The monoisotopic (exact) mass is 398 g/mol. The van der Waals surface area contributed by atoms with Gasteiger partial charge in [0.2, 0.25) is 0 Å². The van der Waals surface area contributed by atoms with Crippen molar-refractivity contribution in [1.29, 1.82) is 0 Å². The third-order valence-electron chi connectivity index (χ3n) is 3.91. The maximum Gasteiger partial charge on any atom is 0.262 e. The van der Waals surface area contributed by atoms with Gasteiger partial charge in [0.15, 0.2) is 6.61 Å². The molecular weight excluding hydrogens is 380 g/mol. The lowest BCUT2D eigenvalue weighted by molar-refractivity contribution is -0.118. The number of carbonyl (C=O) groups excluding carboxylic acids is 2. The lowest BCUT2D eigenvalue weighted by Crippen LogP contribution is -2.23. The predicted octanol–water partition coefficient (Wildman–Crippen LogP) is 4.19.